The zero-order chi connectivity index (χ0) is 21.0. The molecule has 0 aliphatic carbocycles. The Morgan fingerprint density at radius 2 is 1.76 bits per heavy atom. The third-order valence-corrected chi connectivity index (χ3v) is 6.96. The third kappa shape index (κ3) is 5.29. The number of amides is 1. The first-order chi connectivity index (χ1) is 13.8. The first-order valence-electron chi connectivity index (χ1n) is 9.72. The molecular weight excluding hydrogens is 410 g/mol. The number of rotatable bonds is 6. The number of nitrogens with one attached hydrogen (secondary N) is 1. The number of piperazine rings is 1. The molecule has 1 aliphatic rings. The van der Waals surface area contributed by atoms with E-state index in [0.29, 0.717) is 30.1 Å². The largest absolute Gasteiger partial charge is 0.368 e. The van der Waals surface area contributed by atoms with Crippen molar-refractivity contribution in [3.63, 3.8) is 0 Å². The van der Waals surface area contributed by atoms with Gasteiger partial charge in [0, 0.05) is 48.5 Å². The van der Waals surface area contributed by atoms with Gasteiger partial charge in [0.1, 0.15) is 0 Å². The van der Waals surface area contributed by atoms with E-state index in [1.54, 1.807) is 17.0 Å². The highest BCUT2D eigenvalue weighted by Crippen LogP contribution is 2.21. The zero-order valence-corrected chi connectivity index (χ0v) is 18.2. The van der Waals surface area contributed by atoms with Crippen LogP contribution in [0.4, 0.5) is 5.69 Å². The topological polar surface area (TPSA) is 69.7 Å². The summed E-state index contributed by atoms with van der Waals surface area (Å²) < 4.78 is 27.3. The molecule has 1 amide bonds. The zero-order valence-electron chi connectivity index (χ0n) is 16.6. The molecule has 8 heteroatoms. The lowest BCUT2D eigenvalue weighted by Gasteiger charge is -2.36. The summed E-state index contributed by atoms with van der Waals surface area (Å²) in [6, 6.07) is 13.7. The SMILES string of the molecule is CCC(C)NS(=O)(=O)c1ccc(C(=O)N2CCN(c3cccc(Cl)c3)CC2)cc1. The molecule has 29 heavy (non-hydrogen) atoms. The smallest absolute Gasteiger partial charge is 0.253 e. The van der Waals surface area contributed by atoms with Gasteiger partial charge in [0.15, 0.2) is 0 Å². The van der Waals surface area contributed by atoms with E-state index in [0.717, 1.165) is 18.8 Å². The maximum atomic E-state index is 12.8. The number of hydrogen-bond acceptors (Lipinski definition) is 4. The van der Waals surface area contributed by atoms with Crippen LogP contribution in [0.25, 0.3) is 0 Å². The van der Waals surface area contributed by atoms with Gasteiger partial charge in [-0.15, -0.1) is 0 Å². The van der Waals surface area contributed by atoms with Crippen LogP contribution in [0.15, 0.2) is 53.4 Å². The van der Waals surface area contributed by atoms with E-state index in [4.69, 9.17) is 11.6 Å². The fourth-order valence-corrected chi connectivity index (χ4v) is 4.73. The minimum Gasteiger partial charge on any atom is -0.368 e. The molecule has 6 nitrogen and oxygen atoms in total. The highest BCUT2D eigenvalue weighted by molar-refractivity contribution is 7.89. The first kappa shape index (κ1) is 21.6. The van der Waals surface area contributed by atoms with Crippen LogP contribution >= 0.6 is 11.6 Å². The fraction of sp³-hybridized carbons (Fsp3) is 0.381. The van der Waals surface area contributed by atoms with Crippen molar-refractivity contribution >= 4 is 33.2 Å². The summed E-state index contributed by atoms with van der Waals surface area (Å²) >= 11 is 6.07. The van der Waals surface area contributed by atoms with Crippen molar-refractivity contribution in [3.05, 3.63) is 59.1 Å². The van der Waals surface area contributed by atoms with Gasteiger partial charge in [-0.3, -0.25) is 4.79 Å². The van der Waals surface area contributed by atoms with Crippen LogP contribution in [-0.2, 0) is 10.0 Å². The number of sulfonamides is 1. The van der Waals surface area contributed by atoms with Gasteiger partial charge in [-0.2, -0.15) is 0 Å². The van der Waals surface area contributed by atoms with Crippen molar-refractivity contribution in [2.45, 2.75) is 31.2 Å². The quantitative estimate of drug-likeness (QED) is 0.755. The van der Waals surface area contributed by atoms with Gasteiger partial charge in [0.2, 0.25) is 10.0 Å². The van der Waals surface area contributed by atoms with Crippen LogP contribution in [-0.4, -0.2) is 51.4 Å². The van der Waals surface area contributed by atoms with Crippen LogP contribution in [0.3, 0.4) is 0 Å². The van der Waals surface area contributed by atoms with Crippen molar-refractivity contribution < 1.29 is 13.2 Å². The van der Waals surface area contributed by atoms with Crippen molar-refractivity contribution in [2.75, 3.05) is 31.1 Å². The Labute approximate surface area is 177 Å². The normalized spacial score (nSPS) is 16.0. The lowest BCUT2D eigenvalue weighted by atomic mass is 10.1. The summed E-state index contributed by atoms with van der Waals surface area (Å²) in [6.45, 7) is 6.37. The second-order valence-corrected chi connectivity index (χ2v) is 9.36. The van der Waals surface area contributed by atoms with E-state index in [9.17, 15) is 13.2 Å². The number of nitrogens with zero attached hydrogens (tertiary/aromatic N) is 2. The Morgan fingerprint density at radius 1 is 1.10 bits per heavy atom. The van der Waals surface area contributed by atoms with Gasteiger partial charge >= 0.3 is 0 Å². The molecule has 1 atom stereocenters. The summed E-state index contributed by atoms with van der Waals surface area (Å²) in [5.41, 5.74) is 1.54. The second-order valence-electron chi connectivity index (χ2n) is 7.21. The molecule has 1 N–H and O–H groups in total. The predicted octanol–water partition coefficient (Wildman–Crippen LogP) is 3.38. The predicted molar refractivity (Wildman–Crippen MR) is 116 cm³/mol. The molecule has 2 aromatic rings. The molecule has 1 fully saturated rings. The molecule has 0 aromatic heterocycles. The maximum Gasteiger partial charge on any atom is 0.253 e. The minimum absolute atomic E-state index is 0.0884. The Kier molecular flexibility index (Phi) is 6.82. The summed E-state index contributed by atoms with van der Waals surface area (Å²) in [5.74, 6) is -0.0884. The first-order valence-corrected chi connectivity index (χ1v) is 11.6. The summed E-state index contributed by atoms with van der Waals surface area (Å²) in [7, 11) is -3.57. The molecule has 156 valence electrons. The second kappa shape index (κ2) is 9.15. The van der Waals surface area contributed by atoms with E-state index < -0.39 is 10.0 Å². The molecule has 1 aliphatic heterocycles. The lowest BCUT2D eigenvalue weighted by Crippen LogP contribution is -2.48. The Bertz CT molecular complexity index is 955. The van der Waals surface area contributed by atoms with Crippen molar-refractivity contribution in [1.82, 2.24) is 9.62 Å². The van der Waals surface area contributed by atoms with Gasteiger partial charge in [-0.25, -0.2) is 13.1 Å². The van der Waals surface area contributed by atoms with Crippen LogP contribution in [0.2, 0.25) is 5.02 Å². The molecule has 2 aromatic carbocycles. The number of carbonyl (C=O) groups is 1. The van der Waals surface area contributed by atoms with Gasteiger partial charge in [0.25, 0.3) is 5.91 Å². The Morgan fingerprint density at radius 3 is 2.34 bits per heavy atom. The summed E-state index contributed by atoms with van der Waals surface area (Å²) in [6.07, 6.45) is 0.705. The van der Waals surface area contributed by atoms with E-state index in [-0.39, 0.29) is 16.8 Å². The van der Waals surface area contributed by atoms with Crippen molar-refractivity contribution in [2.24, 2.45) is 0 Å². The molecule has 1 unspecified atom stereocenters. The van der Waals surface area contributed by atoms with E-state index >= 15 is 0 Å². The highest BCUT2D eigenvalue weighted by Gasteiger charge is 2.23. The van der Waals surface area contributed by atoms with Crippen LogP contribution in [0.5, 0.6) is 0 Å². The maximum absolute atomic E-state index is 12.8. The monoisotopic (exact) mass is 435 g/mol. The molecule has 0 spiro atoms. The van der Waals surface area contributed by atoms with E-state index in [1.165, 1.54) is 12.1 Å². The number of halogens is 1. The molecule has 0 bridgehead atoms. The van der Waals surface area contributed by atoms with Crippen molar-refractivity contribution in [3.8, 4) is 0 Å². The number of hydrogen-bond donors (Lipinski definition) is 1. The molecular formula is C21H26ClN3O3S. The van der Waals surface area contributed by atoms with Gasteiger partial charge < -0.3 is 9.80 Å². The molecule has 0 radical (unpaired) electrons. The number of anilines is 1. The minimum atomic E-state index is -3.57. The highest BCUT2D eigenvalue weighted by atomic mass is 35.5. The van der Waals surface area contributed by atoms with Crippen molar-refractivity contribution in [1.29, 1.82) is 0 Å². The molecule has 0 saturated carbocycles. The molecule has 3 rings (SSSR count). The number of carbonyl (C=O) groups excluding carboxylic acids is 1. The Hall–Kier alpha value is -2.09. The average molecular weight is 436 g/mol. The standard InChI is InChI=1S/C21H26ClN3O3S/c1-3-16(2)23-29(27,28)20-9-7-17(8-10-20)21(26)25-13-11-24(12-14-25)19-6-4-5-18(22)15-19/h4-10,15-16,23H,3,11-14H2,1-2H3. The van der Waals surface area contributed by atoms with Gasteiger partial charge in [-0.05, 0) is 55.8 Å². The lowest BCUT2D eigenvalue weighted by molar-refractivity contribution is 0.0746. The summed E-state index contributed by atoms with van der Waals surface area (Å²) in [4.78, 5) is 17.0. The fourth-order valence-electron chi connectivity index (χ4n) is 3.22. The van der Waals surface area contributed by atoms with Crippen LogP contribution in [0, 0.1) is 0 Å². The molecule has 1 saturated heterocycles. The average Bonchev–Trinajstić information content (AvgIpc) is 2.73. The van der Waals surface area contributed by atoms with E-state index in [1.807, 2.05) is 38.1 Å². The van der Waals surface area contributed by atoms with Crippen LogP contribution in [0.1, 0.15) is 30.6 Å². The van der Waals surface area contributed by atoms with E-state index in [2.05, 4.69) is 9.62 Å². The van der Waals surface area contributed by atoms with Crippen LogP contribution < -0.4 is 9.62 Å². The summed E-state index contributed by atoms with van der Waals surface area (Å²) in [5, 5.41) is 0.693. The van der Waals surface area contributed by atoms with Gasteiger partial charge in [-0.1, -0.05) is 24.6 Å². The third-order valence-electron chi connectivity index (χ3n) is 5.12. The Balaban J connectivity index is 1.63. The number of benzene rings is 2. The molecule has 1 heterocycles. The van der Waals surface area contributed by atoms with Gasteiger partial charge in [0.05, 0.1) is 4.90 Å².